The summed E-state index contributed by atoms with van der Waals surface area (Å²) in [7, 11) is 0. The predicted molar refractivity (Wildman–Crippen MR) is 76.7 cm³/mol. The van der Waals surface area contributed by atoms with Crippen LogP contribution in [-0.2, 0) is 6.54 Å². The molecule has 2 rings (SSSR count). The molecule has 3 nitrogen and oxygen atoms in total. The molecule has 0 saturated heterocycles. The quantitative estimate of drug-likeness (QED) is 0.820. The van der Waals surface area contributed by atoms with Crippen LogP contribution < -0.4 is 5.32 Å². The molecule has 0 atom stereocenters. The summed E-state index contributed by atoms with van der Waals surface area (Å²) < 4.78 is 2.24. The van der Waals surface area contributed by atoms with Crippen LogP contribution in [0.4, 0.5) is 0 Å². The van der Waals surface area contributed by atoms with E-state index in [4.69, 9.17) is 0 Å². The molecule has 0 fully saturated rings. The van der Waals surface area contributed by atoms with Crippen molar-refractivity contribution in [3.8, 4) is 0 Å². The normalized spacial score (nSPS) is 12.2. The van der Waals surface area contributed by atoms with Crippen molar-refractivity contribution in [1.29, 1.82) is 0 Å². The van der Waals surface area contributed by atoms with E-state index in [0.29, 0.717) is 0 Å². The summed E-state index contributed by atoms with van der Waals surface area (Å²) in [5.74, 6) is 0. The van der Waals surface area contributed by atoms with Crippen LogP contribution in [0, 0.1) is 0 Å². The molecule has 0 radical (unpaired) electrons. The third-order valence-electron chi connectivity index (χ3n) is 3.01. The number of para-hydroxylation sites is 2. The van der Waals surface area contributed by atoms with E-state index in [-0.39, 0.29) is 5.54 Å². The number of hydrogen-bond acceptors (Lipinski definition) is 2. The monoisotopic (exact) mass is 245 g/mol. The first-order chi connectivity index (χ1) is 8.56. The Morgan fingerprint density at radius 1 is 1.17 bits per heavy atom. The standard InChI is InChI=1S/C15H23N3/c1-15(2,3)17-10-6-7-11-18-12-16-13-8-4-5-9-14(13)18/h4-5,8-9,12,17H,6-7,10-11H2,1-3H3. The minimum atomic E-state index is 0.224. The van der Waals surface area contributed by atoms with Crippen LogP contribution >= 0.6 is 0 Å². The van der Waals surface area contributed by atoms with Gasteiger partial charge in [0.2, 0.25) is 0 Å². The van der Waals surface area contributed by atoms with Crippen molar-refractivity contribution in [2.24, 2.45) is 0 Å². The average Bonchev–Trinajstić information content (AvgIpc) is 2.71. The van der Waals surface area contributed by atoms with Crippen LogP contribution in [0.15, 0.2) is 30.6 Å². The lowest BCUT2D eigenvalue weighted by Crippen LogP contribution is -2.36. The van der Waals surface area contributed by atoms with Gasteiger partial charge in [0, 0.05) is 12.1 Å². The Labute approximate surface area is 109 Å². The molecule has 0 unspecified atom stereocenters. The molecule has 1 aromatic carbocycles. The highest BCUT2D eigenvalue weighted by molar-refractivity contribution is 5.74. The van der Waals surface area contributed by atoms with Crippen molar-refractivity contribution in [3.05, 3.63) is 30.6 Å². The molecule has 18 heavy (non-hydrogen) atoms. The SMILES string of the molecule is CC(C)(C)NCCCCn1cnc2ccccc21. The largest absolute Gasteiger partial charge is 0.331 e. The number of fused-ring (bicyclic) bond motifs is 1. The topological polar surface area (TPSA) is 29.9 Å². The van der Waals surface area contributed by atoms with E-state index in [1.165, 1.54) is 18.4 Å². The molecule has 1 N–H and O–H groups in total. The van der Waals surface area contributed by atoms with Gasteiger partial charge < -0.3 is 9.88 Å². The summed E-state index contributed by atoms with van der Waals surface area (Å²) in [6.45, 7) is 8.74. The van der Waals surface area contributed by atoms with E-state index >= 15 is 0 Å². The lowest BCUT2D eigenvalue weighted by atomic mass is 10.1. The maximum atomic E-state index is 4.40. The number of aryl methyl sites for hydroxylation is 1. The summed E-state index contributed by atoms with van der Waals surface area (Å²) >= 11 is 0. The van der Waals surface area contributed by atoms with Crippen LogP contribution in [-0.4, -0.2) is 21.6 Å². The Balaban J connectivity index is 1.80. The highest BCUT2D eigenvalue weighted by atomic mass is 15.0. The maximum Gasteiger partial charge on any atom is 0.0958 e. The van der Waals surface area contributed by atoms with E-state index in [2.05, 4.69) is 53.8 Å². The molecule has 0 aliphatic rings. The maximum absolute atomic E-state index is 4.40. The number of unbranched alkanes of at least 4 members (excludes halogenated alkanes) is 1. The van der Waals surface area contributed by atoms with Gasteiger partial charge in [-0.15, -0.1) is 0 Å². The van der Waals surface area contributed by atoms with Gasteiger partial charge in [0.05, 0.1) is 17.4 Å². The van der Waals surface area contributed by atoms with E-state index in [9.17, 15) is 0 Å². The van der Waals surface area contributed by atoms with Gasteiger partial charge >= 0.3 is 0 Å². The number of hydrogen-bond donors (Lipinski definition) is 1. The molecule has 0 aliphatic heterocycles. The second-order valence-electron chi connectivity index (χ2n) is 5.81. The lowest BCUT2D eigenvalue weighted by Gasteiger charge is -2.20. The first kappa shape index (κ1) is 13.1. The summed E-state index contributed by atoms with van der Waals surface area (Å²) in [5.41, 5.74) is 2.55. The van der Waals surface area contributed by atoms with E-state index < -0.39 is 0 Å². The minimum absolute atomic E-state index is 0.224. The van der Waals surface area contributed by atoms with E-state index in [1.54, 1.807) is 0 Å². The fourth-order valence-electron chi connectivity index (χ4n) is 2.06. The average molecular weight is 245 g/mol. The number of aromatic nitrogens is 2. The number of benzene rings is 1. The fraction of sp³-hybridized carbons (Fsp3) is 0.533. The smallest absolute Gasteiger partial charge is 0.0958 e. The van der Waals surface area contributed by atoms with Crippen molar-refractivity contribution in [1.82, 2.24) is 14.9 Å². The number of imidazole rings is 1. The Hall–Kier alpha value is -1.35. The van der Waals surface area contributed by atoms with E-state index in [1.807, 2.05) is 12.4 Å². The van der Waals surface area contributed by atoms with Crippen LogP contribution in [0.3, 0.4) is 0 Å². The van der Waals surface area contributed by atoms with Gasteiger partial charge in [0.25, 0.3) is 0 Å². The summed E-state index contributed by atoms with van der Waals surface area (Å²) in [6, 6.07) is 8.30. The second-order valence-corrected chi connectivity index (χ2v) is 5.81. The highest BCUT2D eigenvalue weighted by Gasteiger charge is 2.07. The first-order valence-electron chi connectivity index (χ1n) is 6.71. The zero-order valence-corrected chi connectivity index (χ0v) is 11.6. The zero-order chi connectivity index (χ0) is 13.0. The summed E-state index contributed by atoms with van der Waals surface area (Å²) in [6.07, 6.45) is 4.33. The van der Waals surface area contributed by atoms with Gasteiger partial charge in [-0.05, 0) is 52.3 Å². The van der Waals surface area contributed by atoms with Crippen LogP contribution in [0.1, 0.15) is 33.6 Å². The van der Waals surface area contributed by atoms with E-state index in [0.717, 1.165) is 18.6 Å². The molecule has 0 aliphatic carbocycles. The molecule has 0 bridgehead atoms. The molecule has 0 saturated carbocycles. The van der Waals surface area contributed by atoms with Gasteiger partial charge in [-0.2, -0.15) is 0 Å². The first-order valence-corrected chi connectivity index (χ1v) is 6.71. The molecule has 0 spiro atoms. The molecular formula is C15H23N3. The van der Waals surface area contributed by atoms with Crippen molar-refractivity contribution in [3.63, 3.8) is 0 Å². The van der Waals surface area contributed by atoms with Crippen molar-refractivity contribution in [2.45, 2.75) is 45.7 Å². The van der Waals surface area contributed by atoms with Gasteiger partial charge in [0.1, 0.15) is 0 Å². The van der Waals surface area contributed by atoms with Gasteiger partial charge in [-0.1, -0.05) is 12.1 Å². The third kappa shape index (κ3) is 3.57. The number of nitrogens with zero attached hydrogens (tertiary/aromatic N) is 2. The third-order valence-corrected chi connectivity index (χ3v) is 3.01. The molecule has 0 amide bonds. The molecule has 98 valence electrons. The van der Waals surface area contributed by atoms with Gasteiger partial charge in [0.15, 0.2) is 0 Å². The predicted octanol–water partition coefficient (Wildman–Crippen LogP) is 3.20. The Morgan fingerprint density at radius 3 is 2.72 bits per heavy atom. The van der Waals surface area contributed by atoms with Crippen LogP contribution in [0.25, 0.3) is 11.0 Å². The molecule has 2 aromatic rings. The van der Waals surface area contributed by atoms with Crippen molar-refractivity contribution < 1.29 is 0 Å². The zero-order valence-electron chi connectivity index (χ0n) is 11.6. The Kier molecular flexibility index (Phi) is 4.02. The highest BCUT2D eigenvalue weighted by Crippen LogP contribution is 2.12. The fourth-order valence-corrected chi connectivity index (χ4v) is 2.06. The summed E-state index contributed by atoms with van der Waals surface area (Å²) in [5, 5.41) is 3.51. The molecular weight excluding hydrogens is 222 g/mol. The van der Waals surface area contributed by atoms with Crippen LogP contribution in [0.5, 0.6) is 0 Å². The van der Waals surface area contributed by atoms with Gasteiger partial charge in [-0.3, -0.25) is 0 Å². The molecule has 1 aromatic heterocycles. The van der Waals surface area contributed by atoms with Crippen molar-refractivity contribution >= 4 is 11.0 Å². The Morgan fingerprint density at radius 2 is 1.94 bits per heavy atom. The molecule has 1 heterocycles. The Bertz CT molecular complexity index is 494. The van der Waals surface area contributed by atoms with Crippen LogP contribution in [0.2, 0.25) is 0 Å². The second kappa shape index (κ2) is 5.53. The summed E-state index contributed by atoms with van der Waals surface area (Å²) in [4.78, 5) is 4.40. The van der Waals surface area contributed by atoms with Gasteiger partial charge in [-0.25, -0.2) is 4.98 Å². The number of rotatable bonds is 5. The molecule has 3 heteroatoms. The minimum Gasteiger partial charge on any atom is -0.331 e. The number of nitrogens with one attached hydrogen (secondary N) is 1. The lowest BCUT2D eigenvalue weighted by molar-refractivity contribution is 0.414. The van der Waals surface area contributed by atoms with Crippen molar-refractivity contribution in [2.75, 3.05) is 6.54 Å².